The van der Waals surface area contributed by atoms with Gasteiger partial charge in [-0.3, -0.25) is 13.8 Å². The first-order valence-electron chi connectivity index (χ1n) is 4.22. The smallest absolute Gasteiger partial charge is 0.331 e. The summed E-state index contributed by atoms with van der Waals surface area (Å²) in [5.41, 5.74) is 0. The van der Waals surface area contributed by atoms with Gasteiger partial charge in [0.25, 0.3) is 0 Å². The van der Waals surface area contributed by atoms with Crippen LogP contribution in [-0.4, -0.2) is 34.9 Å². The molecule has 0 radical (unpaired) electrons. The predicted octanol–water partition coefficient (Wildman–Crippen LogP) is 0.207. The fourth-order valence-corrected chi connectivity index (χ4v) is 1.62. The van der Waals surface area contributed by atoms with E-state index in [1.165, 1.54) is 7.11 Å². The quantitative estimate of drug-likeness (QED) is 0.474. The van der Waals surface area contributed by atoms with E-state index in [0.29, 0.717) is 0 Å². The van der Waals surface area contributed by atoms with Crippen LogP contribution in [0.2, 0.25) is 0 Å². The number of hydrogen-bond acceptors (Lipinski definition) is 5. The van der Waals surface area contributed by atoms with E-state index in [-0.39, 0.29) is 13.0 Å². The Bertz CT molecular complexity index is 222. The number of ether oxygens (including phenoxy) is 1. The normalized spacial score (nSPS) is 14.5. The van der Waals surface area contributed by atoms with Crippen LogP contribution < -0.4 is 0 Å². The molecule has 0 rings (SSSR count). The maximum absolute atomic E-state index is 11.3. The van der Waals surface area contributed by atoms with E-state index in [2.05, 4.69) is 8.92 Å². The molecule has 5 nitrogen and oxygen atoms in total. The molecular weight excluding hydrogens is 208 g/mol. The lowest BCUT2D eigenvalue weighted by molar-refractivity contribution is -0.144. The Kier molecular flexibility index (Phi) is 6.31. The van der Waals surface area contributed by atoms with Crippen LogP contribution in [0.1, 0.15) is 20.3 Å². The minimum Gasteiger partial charge on any atom is -0.465 e. The molecule has 82 valence electrons. The summed E-state index contributed by atoms with van der Waals surface area (Å²) in [5, 5.41) is -1.31. The highest BCUT2D eigenvalue weighted by Gasteiger charge is 2.33. The third kappa shape index (κ3) is 3.55. The zero-order valence-electron chi connectivity index (χ0n) is 8.44. The molecular formula is C8H14O5S. The van der Waals surface area contributed by atoms with Crippen molar-refractivity contribution in [3.63, 3.8) is 0 Å². The molecule has 0 amide bonds. The van der Waals surface area contributed by atoms with Gasteiger partial charge in [0.2, 0.25) is 5.25 Å². The van der Waals surface area contributed by atoms with Crippen molar-refractivity contribution < 1.29 is 22.7 Å². The maximum atomic E-state index is 11.3. The van der Waals surface area contributed by atoms with Crippen LogP contribution in [0.15, 0.2) is 0 Å². The summed E-state index contributed by atoms with van der Waals surface area (Å²) < 4.78 is 20.3. The van der Waals surface area contributed by atoms with Crippen molar-refractivity contribution in [1.82, 2.24) is 0 Å². The van der Waals surface area contributed by atoms with E-state index >= 15 is 0 Å². The second kappa shape index (κ2) is 6.67. The number of esters is 1. The van der Waals surface area contributed by atoms with Crippen molar-refractivity contribution in [1.29, 1.82) is 0 Å². The predicted molar refractivity (Wildman–Crippen MR) is 50.9 cm³/mol. The first kappa shape index (κ1) is 13.2. The summed E-state index contributed by atoms with van der Waals surface area (Å²) in [5.74, 6) is -1.23. The number of hydrogen-bond donors (Lipinski definition) is 0. The topological polar surface area (TPSA) is 69.7 Å². The molecule has 6 heteroatoms. The van der Waals surface area contributed by atoms with E-state index in [0.717, 1.165) is 0 Å². The second-order valence-electron chi connectivity index (χ2n) is 2.38. The average Bonchev–Trinajstić information content (AvgIpc) is 2.17. The molecule has 0 aliphatic heterocycles. The van der Waals surface area contributed by atoms with Gasteiger partial charge in [-0.1, -0.05) is 6.92 Å². The third-order valence-corrected chi connectivity index (χ3v) is 2.67. The summed E-state index contributed by atoms with van der Waals surface area (Å²) in [6.45, 7) is 3.34. The third-order valence-electron chi connectivity index (χ3n) is 1.50. The molecule has 0 heterocycles. The van der Waals surface area contributed by atoms with E-state index in [9.17, 15) is 13.8 Å². The molecule has 0 aromatic carbocycles. The minimum absolute atomic E-state index is 0.124. The largest absolute Gasteiger partial charge is 0.465 e. The Morgan fingerprint density at radius 2 is 1.93 bits per heavy atom. The zero-order chi connectivity index (χ0) is 11.1. The molecule has 0 fully saturated rings. The van der Waals surface area contributed by atoms with Gasteiger partial charge in [0, 0.05) is 6.42 Å². The van der Waals surface area contributed by atoms with E-state index < -0.39 is 28.1 Å². The molecule has 2 unspecified atom stereocenters. The number of Topliss-reactive ketones (excluding diaryl/α,β-unsaturated/α-hetero) is 1. The van der Waals surface area contributed by atoms with E-state index in [1.54, 1.807) is 13.8 Å². The molecule has 0 saturated carbocycles. The van der Waals surface area contributed by atoms with Gasteiger partial charge >= 0.3 is 5.97 Å². The van der Waals surface area contributed by atoms with E-state index in [4.69, 9.17) is 0 Å². The van der Waals surface area contributed by atoms with Gasteiger partial charge in [0.15, 0.2) is 16.9 Å². The molecule has 0 aliphatic rings. The highest BCUT2D eigenvalue weighted by Crippen LogP contribution is 2.05. The van der Waals surface area contributed by atoms with Gasteiger partial charge in [-0.15, -0.1) is 0 Å². The number of carbonyl (C=O) groups is 2. The number of rotatable bonds is 6. The Hall–Kier alpha value is -0.750. The van der Waals surface area contributed by atoms with Crippen LogP contribution in [-0.2, 0) is 29.6 Å². The van der Waals surface area contributed by atoms with Crippen LogP contribution in [0, 0.1) is 0 Å². The molecule has 14 heavy (non-hydrogen) atoms. The monoisotopic (exact) mass is 222 g/mol. The molecule has 0 spiro atoms. The summed E-state index contributed by atoms with van der Waals surface area (Å²) in [7, 11) is 1.17. The maximum Gasteiger partial charge on any atom is 0.331 e. The van der Waals surface area contributed by atoms with Crippen molar-refractivity contribution in [3.05, 3.63) is 0 Å². The Labute approximate surface area is 85.4 Å². The zero-order valence-corrected chi connectivity index (χ0v) is 9.26. The lowest BCUT2D eigenvalue weighted by Crippen LogP contribution is -2.36. The van der Waals surface area contributed by atoms with Crippen molar-refractivity contribution in [2.75, 3.05) is 13.7 Å². The number of carbonyl (C=O) groups excluding carboxylic acids is 2. The van der Waals surface area contributed by atoms with Gasteiger partial charge < -0.3 is 4.74 Å². The first-order chi connectivity index (χ1) is 6.58. The molecule has 0 aliphatic carbocycles. The highest BCUT2D eigenvalue weighted by molar-refractivity contribution is 7.82. The summed E-state index contributed by atoms with van der Waals surface area (Å²) in [6.07, 6.45) is 0.124. The minimum atomic E-state index is -1.95. The summed E-state index contributed by atoms with van der Waals surface area (Å²) in [6, 6.07) is 0. The van der Waals surface area contributed by atoms with Crippen LogP contribution >= 0.6 is 0 Å². The van der Waals surface area contributed by atoms with Crippen molar-refractivity contribution in [2.24, 2.45) is 0 Å². The lowest BCUT2D eigenvalue weighted by Gasteiger charge is -2.11. The summed E-state index contributed by atoms with van der Waals surface area (Å²) >= 11 is -1.95. The molecule has 0 N–H and O–H groups in total. The van der Waals surface area contributed by atoms with Gasteiger partial charge in [-0.2, -0.15) is 0 Å². The van der Waals surface area contributed by atoms with Crippen molar-refractivity contribution in [3.8, 4) is 0 Å². The van der Waals surface area contributed by atoms with Crippen molar-refractivity contribution in [2.45, 2.75) is 25.5 Å². The highest BCUT2D eigenvalue weighted by atomic mass is 32.2. The van der Waals surface area contributed by atoms with Crippen LogP contribution in [0.3, 0.4) is 0 Å². The fourth-order valence-electron chi connectivity index (χ4n) is 0.817. The van der Waals surface area contributed by atoms with Crippen LogP contribution in [0.5, 0.6) is 0 Å². The van der Waals surface area contributed by atoms with Crippen LogP contribution in [0.4, 0.5) is 0 Å². The SMILES string of the molecule is CCOC(=O)C(C(=O)CC)S(=O)OC. The van der Waals surface area contributed by atoms with Gasteiger partial charge in [0.1, 0.15) is 0 Å². The second-order valence-corrected chi connectivity index (χ2v) is 3.70. The van der Waals surface area contributed by atoms with Gasteiger partial charge in [-0.25, -0.2) is 4.21 Å². The molecule has 0 saturated heterocycles. The molecule has 0 bridgehead atoms. The van der Waals surface area contributed by atoms with Gasteiger partial charge in [-0.05, 0) is 6.92 Å². The summed E-state index contributed by atoms with van der Waals surface area (Å²) in [4.78, 5) is 22.5. The van der Waals surface area contributed by atoms with Crippen LogP contribution in [0.25, 0.3) is 0 Å². The fraction of sp³-hybridized carbons (Fsp3) is 0.750. The Morgan fingerprint density at radius 1 is 1.36 bits per heavy atom. The van der Waals surface area contributed by atoms with E-state index in [1.807, 2.05) is 0 Å². The van der Waals surface area contributed by atoms with Crippen molar-refractivity contribution >= 4 is 22.8 Å². The lowest BCUT2D eigenvalue weighted by atomic mass is 10.2. The number of ketones is 1. The Balaban J connectivity index is 4.63. The standard InChI is InChI=1S/C8H14O5S/c1-4-6(9)7(14(11)12-3)8(10)13-5-2/h7H,4-5H2,1-3H3. The first-order valence-corrected chi connectivity index (χ1v) is 5.36. The Morgan fingerprint density at radius 3 is 2.29 bits per heavy atom. The average molecular weight is 222 g/mol. The molecule has 0 aromatic heterocycles. The molecule has 2 atom stereocenters. The van der Waals surface area contributed by atoms with Gasteiger partial charge in [0.05, 0.1) is 13.7 Å². The molecule has 0 aromatic rings.